The van der Waals surface area contributed by atoms with Crippen LogP contribution in [-0.4, -0.2) is 9.78 Å². The van der Waals surface area contributed by atoms with Crippen LogP contribution in [0.2, 0.25) is 10.0 Å². The van der Waals surface area contributed by atoms with Crippen LogP contribution in [0.15, 0.2) is 33.9 Å². The molecule has 1 heterocycles. The molecule has 88 valence electrons. The zero-order valence-electron chi connectivity index (χ0n) is 8.21. The predicted octanol–water partition coefficient (Wildman–Crippen LogP) is 1.97. The molecule has 1 aromatic carbocycles. The summed E-state index contributed by atoms with van der Waals surface area (Å²) in [7, 11) is 0. The van der Waals surface area contributed by atoms with Crippen molar-refractivity contribution in [3.8, 4) is 5.69 Å². The third kappa shape index (κ3) is 2.11. The lowest BCUT2D eigenvalue weighted by Crippen LogP contribution is -2.29. The van der Waals surface area contributed by atoms with Gasteiger partial charge in [-0.1, -0.05) is 29.3 Å². The first-order valence-electron chi connectivity index (χ1n) is 4.47. The van der Waals surface area contributed by atoms with Gasteiger partial charge in [0.2, 0.25) is 0 Å². The van der Waals surface area contributed by atoms with E-state index in [0.717, 1.165) is 10.7 Å². The molecule has 0 atom stereocenters. The van der Waals surface area contributed by atoms with Crippen LogP contribution in [0.3, 0.4) is 0 Å². The molecule has 2 rings (SSSR count). The zero-order valence-corrected chi connectivity index (χ0v) is 9.72. The van der Waals surface area contributed by atoms with Gasteiger partial charge in [0.1, 0.15) is 15.9 Å². The lowest BCUT2D eigenvalue weighted by Gasteiger charge is -2.06. The standard InChI is InChI=1S/C10H5Cl2FN2O2/c11-7-8(12)10(17)15(14-9(7)16)6-3-1-2-5(13)4-6/h1-4H,(H,14,16). The molecule has 2 aromatic rings. The van der Waals surface area contributed by atoms with Crippen LogP contribution in [0.5, 0.6) is 0 Å². The number of rotatable bonds is 1. The van der Waals surface area contributed by atoms with Crippen molar-refractivity contribution >= 4 is 23.2 Å². The van der Waals surface area contributed by atoms with Crippen molar-refractivity contribution in [2.45, 2.75) is 0 Å². The van der Waals surface area contributed by atoms with Crippen molar-refractivity contribution in [1.29, 1.82) is 0 Å². The summed E-state index contributed by atoms with van der Waals surface area (Å²) in [5, 5.41) is 1.41. The van der Waals surface area contributed by atoms with E-state index in [-0.39, 0.29) is 10.7 Å². The number of nitrogens with one attached hydrogen (secondary N) is 1. The average Bonchev–Trinajstić information content (AvgIpc) is 2.31. The molecule has 4 nitrogen and oxygen atoms in total. The first-order chi connectivity index (χ1) is 8.00. The summed E-state index contributed by atoms with van der Waals surface area (Å²) in [5.74, 6) is -0.540. The molecule has 0 saturated carbocycles. The molecule has 0 amide bonds. The summed E-state index contributed by atoms with van der Waals surface area (Å²) in [5.41, 5.74) is -1.28. The highest BCUT2D eigenvalue weighted by molar-refractivity contribution is 6.41. The monoisotopic (exact) mass is 274 g/mol. The van der Waals surface area contributed by atoms with E-state index in [2.05, 4.69) is 5.10 Å². The summed E-state index contributed by atoms with van der Waals surface area (Å²) in [6, 6.07) is 5.15. The molecule has 0 aliphatic carbocycles. The maximum Gasteiger partial charge on any atom is 0.290 e. The number of aromatic nitrogens is 2. The Morgan fingerprint density at radius 2 is 1.88 bits per heavy atom. The normalized spacial score (nSPS) is 10.5. The number of benzene rings is 1. The van der Waals surface area contributed by atoms with E-state index in [0.29, 0.717) is 0 Å². The lowest BCUT2D eigenvalue weighted by molar-refractivity contribution is 0.624. The van der Waals surface area contributed by atoms with E-state index in [4.69, 9.17) is 23.2 Å². The number of nitrogens with zero attached hydrogens (tertiary/aromatic N) is 1. The minimum absolute atomic E-state index is 0.158. The molecular formula is C10H5Cl2FN2O2. The van der Waals surface area contributed by atoms with Crippen LogP contribution >= 0.6 is 23.2 Å². The fourth-order valence-electron chi connectivity index (χ4n) is 1.29. The molecule has 0 bridgehead atoms. The van der Waals surface area contributed by atoms with Crippen LogP contribution in [0.1, 0.15) is 0 Å². The Kier molecular flexibility index (Phi) is 3.04. The van der Waals surface area contributed by atoms with Gasteiger partial charge in [-0.05, 0) is 18.2 Å². The third-order valence-corrected chi connectivity index (χ3v) is 2.87. The van der Waals surface area contributed by atoms with Crippen LogP contribution in [0.25, 0.3) is 5.69 Å². The Morgan fingerprint density at radius 1 is 1.18 bits per heavy atom. The Balaban J connectivity index is 2.78. The molecule has 0 aliphatic rings. The first-order valence-corrected chi connectivity index (χ1v) is 5.22. The Morgan fingerprint density at radius 3 is 2.53 bits per heavy atom. The highest BCUT2D eigenvalue weighted by Crippen LogP contribution is 2.12. The van der Waals surface area contributed by atoms with Gasteiger partial charge in [-0.2, -0.15) is 0 Å². The van der Waals surface area contributed by atoms with Gasteiger partial charge < -0.3 is 0 Å². The molecule has 0 radical (unpaired) electrons. The van der Waals surface area contributed by atoms with Gasteiger partial charge in [-0.15, -0.1) is 0 Å². The van der Waals surface area contributed by atoms with E-state index in [9.17, 15) is 14.0 Å². The maximum atomic E-state index is 13.0. The SMILES string of the molecule is O=c1[nH]n(-c2cccc(F)c2)c(=O)c(Cl)c1Cl. The van der Waals surface area contributed by atoms with Gasteiger partial charge >= 0.3 is 0 Å². The number of hydrogen-bond donors (Lipinski definition) is 1. The van der Waals surface area contributed by atoms with Gasteiger partial charge in [-0.3, -0.25) is 14.7 Å². The lowest BCUT2D eigenvalue weighted by atomic mass is 10.3. The second kappa shape index (κ2) is 4.35. The van der Waals surface area contributed by atoms with Crippen molar-refractivity contribution in [2.24, 2.45) is 0 Å². The summed E-state index contributed by atoms with van der Waals surface area (Å²) in [4.78, 5) is 23.1. The smallest absolute Gasteiger partial charge is 0.266 e. The summed E-state index contributed by atoms with van der Waals surface area (Å²) >= 11 is 11.1. The van der Waals surface area contributed by atoms with Gasteiger partial charge in [0.15, 0.2) is 0 Å². The molecule has 0 unspecified atom stereocenters. The van der Waals surface area contributed by atoms with Gasteiger partial charge in [0.25, 0.3) is 11.1 Å². The van der Waals surface area contributed by atoms with E-state index in [1.807, 2.05) is 0 Å². The Bertz CT molecular complexity index is 693. The average molecular weight is 275 g/mol. The number of H-pyrrole nitrogens is 1. The summed E-state index contributed by atoms with van der Waals surface area (Å²) in [6.07, 6.45) is 0. The Labute approximate surface area is 104 Å². The minimum atomic E-state index is -0.722. The molecule has 17 heavy (non-hydrogen) atoms. The third-order valence-electron chi connectivity index (χ3n) is 2.06. The van der Waals surface area contributed by atoms with E-state index >= 15 is 0 Å². The summed E-state index contributed by atoms with van der Waals surface area (Å²) < 4.78 is 13.8. The van der Waals surface area contributed by atoms with Crippen LogP contribution in [0.4, 0.5) is 4.39 Å². The Hall–Kier alpha value is -1.59. The van der Waals surface area contributed by atoms with Crippen molar-refractivity contribution in [3.05, 3.63) is 60.8 Å². The summed E-state index contributed by atoms with van der Waals surface area (Å²) in [6.45, 7) is 0. The van der Waals surface area contributed by atoms with E-state index in [1.165, 1.54) is 18.2 Å². The van der Waals surface area contributed by atoms with Gasteiger partial charge in [0, 0.05) is 0 Å². The molecular weight excluding hydrogens is 270 g/mol. The number of hydrogen-bond acceptors (Lipinski definition) is 2. The zero-order chi connectivity index (χ0) is 12.6. The molecule has 1 aromatic heterocycles. The van der Waals surface area contributed by atoms with Gasteiger partial charge in [-0.25, -0.2) is 9.07 Å². The fraction of sp³-hybridized carbons (Fsp3) is 0. The highest BCUT2D eigenvalue weighted by atomic mass is 35.5. The van der Waals surface area contributed by atoms with Crippen molar-refractivity contribution in [3.63, 3.8) is 0 Å². The molecule has 0 fully saturated rings. The molecule has 0 saturated heterocycles. The number of halogens is 3. The topological polar surface area (TPSA) is 54.9 Å². The molecule has 1 N–H and O–H groups in total. The van der Waals surface area contributed by atoms with E-state index in [1.54, 1.807) is 0 Å². The second-order valence-electron chi connectivity index (χ2n) is 3.19. The van der Waals surface area contributed by atoms with Crippen molar-refractivity contribution in [2.75, 3.05) is 0 Å². The molecule has 7 heteroatoms. The first kappa shape index (κ1) is 11.9. The van der Waals surface area contributed by atoms with Crippen molar-refractivity contribution < 1.29 is 4.39 Å². The van der Waals surface area contributed by atoms with Crippen molar-refractivity contribution in [1.82, 2.24) is 9.78 Å². The van der Waals surface area contributed by atoms with E-state index < -0.39 is 22.0 Å². The highest BCUT2D eigenvalue weighted by Gasteiger charge is 2.12. The fourth-order valence-corrected chi connectivity index (χ4v) is 1.58. The minimum Gasteiger partial charge on any atom is -0.266 e. The maximum absolute atomic E-state index is 13.0. The van der Waals surface area contributed by atoms with Crippen LogP contribution in [0, 0.1) is 5.82 Å². The van der Waals surface area contributed by atoms with Crippen LogP contribution in [-0.2, 0) is 0 Å². The second-order valence-corrected chi connectivity index (χ2v) is 3.95. The predicted molar refractivity (Wildman–Crippen MR) is 62.6 cm³/mol. The van der Waals surface area contributed by atoms with Gasteiger partial charge in [0.05, 0.1) is 5.69 Å². The number of aromatic amines is 1. The quantitative estimate of drug-likeness (QED) is 0.865. The van der Waals surface area contributed by atoms with Crippen LogP contribution < -0.4 is 11.1 Å². The molecule has 0 spiro atoms. The molecule has 0 aliphatic heterocycles. The largest absolute Gasteiger partial charge is 0.290 e.